The normalized spacial score (nSPS) is 14.3. The molecule has 3 aromatic rings. The molecular weight excluding hydrogens is 407 g/mol. The highest BCUT2D eigenvalue weighted by atomic mass is 19.4. The SMILES string of the molecule is Cc1cc([N+](=O)[O-])nn1CCNC(=O)c1cc2nc(C3CC3)cc(C(F)(F)F)n2n1. The van der Waals surface area contributed by atoms with Gasteiger partial charge in [-0.1, -0.05) is 0 Å². The minimum atomic E-state index is -4.64. The number of carbonyl (C=O) groups is 1. The number of rotatable bonds is 6. The van der Waals surface area contributed by atoms with E-state index in [1.807, 2.05) is 0 Å². The number of nitro groups is 1. The van der Waals surface area contributed by atoms with Gasteiger partial charge in [-0.15, -0.1) is 0 Å². The van der Waals surface area contributed by atoms with Gasteiger partial charge < -0.3 is 15.4 Å². The molecule has 0 saturated heterocycles. The Morgan fingerprint density at radius 3 is 2.63 bits per heavy atom. The summed E-state index contributed by atoms with van der Waals surface area (Å²) in [5.41, 5.74) is -0.347. The fourth-order valence-electron chi connectivity index (χ4n) is 3.07. The van der Waals surface area contributed by atoms with Crippen LogP contribution >= 0.6 is 0 Å². The first-order valence-corrected chi connectivity index (χ1v) is 9.08. The summed E-state index contributed by atoms with van der Waals surface area (Å²) in [5, 5.41) is 20.9. The van der Waals surface area contributed by atoms with Crippen LogP contribution in [0, 0.1) is 17.0 Å². The predicted octanol–water partition coefficient (Wildman–Crippen LogP) is 2.47. The molecule has 1 amide bonds. The number of alkyl halides is 3. The topological polar surface area (TPSA) is 120 Å². The summed E-state index contributed by atoms with van der Waals surface area (Å²) >= 11 is 0. The number of fused-ring (bicyclic) bond motifs is 1. The zero-order chi connectivity index (χ0) is 21.6. The number of aryl methyl sites for hydroxylation is 1. The first kappa shape index (κ1) is 19.8. The zero-order valence-electron chi connectivity index (χ0n) is 15.7. The van der Waals surface area contributed by atoms with Gasteiger partial charge in [-0.3, -0.25) is 4.79 Å². The maximum absolute atomic E-state index is 13.4. The summed E-state index contributed by atoms with van der Waals surface area (Å²) in [6.07, 6.45) is -3.07. The number of amides is 1. The lowest BCUT2D eigenvalue weighted by atomic mass is 10.2. The van der Waals surface area contributed by atoms with Crippen LogP contribution in [-0.2, 0) is 12.7 Å². The Kier molecular flexibility index (Phi) is 4.67. The summed E-state index contributed by atoms with van der Waals surface area (Å²) in [4.78, 5) is 26.7. The minimum absolute atomic E-state index is 0.00430. The maximum Gasteiger partial charge on any atom is 0.433 e. The summed E-state index contributed by atoms with van der Waals surface area (Å²) < 4.78 is 42.3. The first-order valence-electron chi connectivity index (χ1n) is 9.08. The second-order valence-corrected chi connectivity index (χ2v) is 7.02. The molecule has 0 aromatic carbocycles. The second-order valence-electron chi connectivity index (χ2n) is 7.02. The molecule has 1 N–H and O–H groups in total. The van der Waals surface area contributed by atoms with Crippen molar-refractivity contribution in [2.45, 2.75) is 38.4 Å². The van der Waals surface area contributed by atoms with Gasteiger partial charge in [-0.05, 0) is 30.8 Å². The van der Waals surface area contributed by atoms with Crippen molar-refractivity contribution in [2.24, 2.45) is 0 Å². The van der Waals surface area contributed by atoms with Crippen LogP contribution in [0.1, 0.15) is 46.3 Å². The van der Waals surface area contributed by atoms with E-state index in [1.54, 1.807) is 6.92 Å². The number of halogens is 3. The molecule has 0 spiro atoms. The van der Waals surface area contributed by atoms with Crippen molar-refractivity contribution in [1.29, 1.82) is 0 Å². The molecule has 0 unspecified atom stereocenters. The molecule has 0 aliphatic heterocycles. The first-order chi connectivity index (χ1) is 14.1. The Morgan fingerprint density at radius 2 is 2.03 bits per heavy atom. The maximum atomic E-state index is 13.4. The highest BCUT2D eigenvalue weighted by Crippen LogP contribution is 2.41. The molecule has 1 aliphatic carbocycles. The Hall–Kier alpha value is -3.51. The number of hydrogen-bond acceptors (Lipinski definition) is 6. The second kappa shape index (κ2) is 7.07. The summed E-state index contributed by atoms with van der Waals surface area (Å²) in [5.74, 6) is -0.984. The lowest BCUT2D eigenvalue weighted by Gasteiger charge is -2.10. The molecular formula is C17H16F3N7O3. The van der Waals surface area contributed by atoms with E-state index in [0.29, 0.717) is 15.9 Å². The van der Waals surface area contributed by atoms with Gasteiger partial charge in [-0.25, -0.2) is 9.50 Å². The average Bonchev–Trinajstić information content (AvgIpc) is 3.32. The van der Waals surface area contributed by atoms with Crippen molar-refractivity contribution in [3.63, 3.8) is 0 Å². The smallest absolute Gasteiger partial charge is 0.358 e. The quantitative estimate of drug-likeness (QED) is 0.480. The van der Waals surface area contributed by atoms with Crippen molar-refractivity contribution >= 4 is 17.4 Å². The Balaban J connectivity index is 1.51. The van der Waals surface area contributed by atoms with Crippen molar-refractivity contribution in [3.8, 4) is 0 Å². The lowest BCUT2D eigenvalue weighted by molar-refractivity contribution is -0.389. The average molecular weight is 423 g/mol. The fourth-order valence-corrected chi connectivity index (χ4v) is 3.07. The van der Waals surface area contributed by atoms with Gasteiger partial charge in [-0.2, -0.15) is 23.0 Å². The molecule has 1 saturated carbocycles. The summed E-state index contributed by atoms with van der Waals surface area (Å²) in [6, 6.07) is 3.49. The number of carbonyl (C=O) groups excluding carboxylic acids is 1. The minimum Gasteiger partial charge on any atom is -0.358 e. The Bertz CT molecular complexity index is 1150. The molecule has 0 radical (unpaired) electrons. The molecule has 0 bridgehead atoms. The van der Waals surface area contributed by atoms with Crippen LogP contribution in [0.15, 0.2) is 18.2 Å². The van der Waals surface area contributed by atoms with Crippen LogP contribution in [0.4, 0.5) is 19.0 Å². The molecule has 1 aliphatic rings. The summed E-state index contributed by atoms with van der Waals surface area (Å²) in [6.45, 7) is 1.83. The van der Waals surface area contributed by atoms with Crippen LogP contribution in [-0.4, -0.2) is 41.8 Å². The molecule has 30 heavy (non-hydrogen) atoms. The van der Waals surface area contributed by atoms with E-state index >= 15 is 0 Å². The third-order valence-corrected chi connectivity index (χ3v) is 4.73. The van der Waals surface area contributed by atoms with Crippen LogP contribution in [0.25, 0.3) is 5.65 Å². The highest BCUT2D eigenvalue weighted by Gasteiger charge is 2.37. The third-order valence-electron chi connectivity index (χ3n) is 4.73. The Morgan fingerprint density at radius 1 is 1.30 bits per heavy atom. The monoisotopic (exact) mass is 423 g/mol. The van der Waals surface area contributed by atoms with E-state index in [2.05, 4.69) is 20.5 Å². The lowest BCUT2D eigenvalue weighted by Crippen LogP contribution is -2.28. The largest absolute Gasteiger partial charge is 0.433 e. The summed E-state index contributed by atoms with van der Waals surface area (Å²) in [7, 11) is 0. The molecule has 3 heterocycles. The van der Waals surface area contributed by atoms with E-state index in [-0.39, 0.29) is 36.2 Å². The molecule has 158 valence electrons. The van der Waals surface area contributed by atoms with E-state index in [1.165, 1.54) is 16.8 Å². The molecule has 13 heteroatoms. The van der Waals surface area contributed by atoms with E-state index < -0.39 is 22.7 Å². The van der Waals surface area contributed by atoms with Crippen molar-refractivity contribution in [3.05, 3.63) is 51.1 Å². The Labute approximate surface area is 166 Å². The molecule has 4 rings (SSSR count). The van der Waals surface area contributed by atoms with Gasteiger partial charge in [0.15, 0.2) is 11.3 Å². The van der Waals surface area contributed by atoms with E-state index in [9.17, 15) is 28.1 Å². The van der Waals surface area contributed by atoms with Crippen molar-refractivity contribution in [1.82, 2.24) is 29.7 Å². The van der Waals surface area contributed by atoms with Crippen molar-refractivity contribution in [2.75, 3.05) is 6.54 Å². The van der Waals surface area contributed by atoms with Gasteiger partial charge in [0.25, 0.3) is 5.91 Å². The predicted molar refractivity (Wildman–Crippen MR) is 95.9 cm³/mol. The molecule has 1 fully saturated rings. The van der Waals surface area contributed by atoms with Crippen LogP contribution in [0.5, 0.6) is 0 Å². The van der Waals surface area contributed by atoms with Crippen LogP contribution < -0.4 is 5.32 Å². The number of nitrogens with one attached hydrogen (secondary N) is 1. The highest BCUT2D eigenvalue weighted by molar-refractivity contribution is 5.93. The number of aromatic nitrogens is 5. The van der Waals surface area contributed by atoms with E-state index in [0.717, 1.165) is 18.9 Å². The van der Waals surface area contributed by atoms with Gasteiger partial charge in [0, 0.05) is 24.2 Å². The van der Waals surface area contributed by atoms with Gasteiger partial charge >= 0.3 is 12.0 Å². The van der Waals surface area contributed by atoms with Gasteiger partial charge in [0.05, 0.1) is 23.4 Å². The molecule has 0 atom stereocenters. The third kappa shape index (κ3) is 3.82. The number of hydrogen-bond donors (Lipinski definition) is 1. The standard InChI is InChI=1S/C17H16F3N7O3/c1-9-6-15(27(29)30)24-25(9)5-4-21-16(28)12-8-14-22-11(10-2-3-10)7-13(17(18,19)20)26(14)23-12/h6-8,10H,2-5H2,1H3,(H,21,28). The fraction of sp³-hybridized carbons (Fsp3) is 0.412. The van der Waals surface area contributed by atoms with E-state index in [4.69, 9.17) is 0 Å². The van der Waals surface area contributed by atoms with Gasteiger partial charge in [0.1, 0.15) is 5.69 Å². The van der Waals surface area contributed by atoms with Crippen LogP contribution in [0.3, 0.4) is 0 Å². The van der Waals surface area contributed by atoms with Crippen LogP contribution in [0.2, 0.25) is 0 Å². The zero-order valence-corrected chi connectivity index (χ0v) is 15.7. The van der Waals surface area contributed by atoms with Crippen molar-refractivity contribution < 1.29 is 22.9 Å². The molecule has 10 nitrogen and oxygen atoms in total. The molecule has 3 aromatic heterocycles. The number of nitrogens with zero attached hydrogens (tertiary/aromatic N) is 6. The van der Waals surface area contributed by atoms with Gasteiger partial charge in [0.2, 0.25) is 0 Å².